The van der Waals surface area contributed by atoms with Gasteiger partial charge in [0.15, 0.2) is 0 Å². The largest absolute Gasteiger partial charge is 0.497 e. The lowest BCUT2D eigenvalue weighted by atomic mass is 9.96. The number of anilines is 3. The molecule has 2 saturated heterocycles. The first-order valence-corrected chi connectivity index (χ1v) is 17.8. The Kier molecular flexibility index (Phi) is 10.4. The molecular formula is C40H42F4N6O4. The molecule has 0 radical (unpaired) electrons. The number of nitrogens with zero attached hydrogens (tertiary/aromatic N) is 6. The van der Waals surface area contributed by atoms with Gasteiger partial charge in [-0.3, -0.25) is 4.79 Å². The van der Waals surface area contributed by atoms with Gasteiger partial charge < -0.3 is 38.7 Å². The Morgan fingerprint density at radius 3 is 1.87 bits per heavy atom. The average molecular weight is 747 g/mol. The molecule has 0 aromatic heterocycles. The lowest BCUT2D eigenvalue weighted by Crippen LogP contribution is -2.56. The predicted molar refractivity (Wildman–Crippen MR) is 200 cm³/mol. The SMILES string of the molecule is COc1cccc(N2CCN(C(=O)C[C@H]3c4cccc(F)c4N=C(N4CCN(c5cccc(OC)c5)CC4)N3c3cc(C(F)(F)F)ccc3OC)CC2)c1. The number of halogens is 4. The van der Waals surface area contributed by atoms with Crippen molar-refractivity contribution in [3.8, 4) is 17.2 Å². The first-order chi connectivity index (χ1) is 26.1. The number of benzene rings is 4. The molecule has 2 fully saturated rings. The maximum absolute atomic E-state index is 15.7. The molecule has 3 heterocycles. The van der Waals surface area contributed by atoms with Crippen LogP contribution in [0.25, 0.3) is 0 Å². The smallest absolute Gasteiger partial charge is 0.416 e. The Morgan fingerprint density at radius 2 is 1.30 bits per heavy atom. The van der Waals surface area contributed by atoms with E-state index in [1.54, 1.807) is 30.1 Å². The van der Waals surface area contributed by atoms with E-state index in [-0.39, 0.29) is 35.4 Å². The quantitative estimate of drug-likeness (QED) is 0.179. The Hall–Kier alpha value is -5.66. The molecule has 0 N–H and O–H groups in total. The molecule has 0 aliphatic carbocycles. The highest BCUT2D eigenvalue weighted by Gasteiger charge is 2.41. The van der Waals surface area contributed by atoms with E-state index in [2.05, 4.69) is 9.80 Å². The number of guanidine groups is 1. The van der Waals surface area contributed by atoms with E-state index in [1.165, 1.54) is 25.3 Å². The van der Waals surface area contributed by atoms with Crippen LogP contribution in [0.2, 0.25) is 0 Å². The van der Waals surface area contributed by atoms with E-state index in [9.17, 15) is 18.0 Å². The lowest BCUT2D eigenvalue weighted by molar-refractivity contribution is -0.137. The summed E-state index contributed by atoms with van der Waals surface area (Å²) in [6.45, 7) is 3.94. The minimum absolute atomic E-state index is 0.0607. The molecule has 0 bridgehead atoms. The second-order valence-electron chi connectivity index (χ2n) is 13.3. The summed E-state index contributed by atoms with van der Waals surface area (Å²) in [5.41, 5.74) is 1.60. The van der Waals surface area contributed by atoms with Crippen LogP contribution in [0.3, 0.4) is 0 Å². The number of fused-ring (bicyclic) bond motifs is 1. The monoisotopic (exact) mass is 746 g/mol. The van der Waals surface area contributed by atoms with Crippen LogP contribution in [0, 0.1) is 5.82 Å². The number of piperazine rings is 2. The molecule has 3 aliphatic heterocycles. The molecule has 4 aromatic rings. The summed E-state index contributed by atoms with van der Waals surface area (Å²) < 4.78 is 75.1. The molecule has 1 atom stereocenters. The molecule has 54 heavy (non-hydrogen) atoms. The molecule has 1 amide bonds. The van der Waals surface area contributed by atoms with Crippen LogP contribution in [0.15, 0.2) is 89.9 Å². The molecule has 284 valence electrons. The zero-order chi connectivity index (χ0) is 38.0. The van der Waals surface area contributed by atoms with Crippen molar-refractivity contribution in [3.63, 3.8) is 0 Å². The second-order valence-corrected chi connectivity index (χ2v) is 13.3. The maximum atomic E-state index is 15.7. The van der Waals surface area contributed by atoms with Crippen molar-refractivity contribution in [2.24, 2.45) is 4.99 Å². The fraction of sp³-hybridized carbons (Fsp3) is 0.350. The van der Waals surface area contributed by atoms with Gasteiger partial charge in [0.2, 0.25) is 11.9 Å². The Labute approximate surface area is 311 Å². The third kappa shape index (κ3) is 7.42. The number of hydrogen-bond acceptors (Lipinski definition) is 9. The molecule has 10 nitrogen and oxygen atoms in total. The first kappa shape index (κ1) is 36.7. The number of methoxy groups -OCH3 is 3. The molecule has 14 heteroatoms. The molecule has 4 aromatic carbocycles. The van der Waals surface area contributed by atoms with E-state index in [4.69, 9.17) is 19.2 Å². The highest BCUT2D eigenvalue weighted by Crippen LogP contribution is 2.46. The lowest BCUT2D eigenvalue weighted by Gasteiger charge is -2.46. The second kappa shape index (κ2) is 15.4. The van der Waals surface area contributed by atoms with Crippen molar-refractivity contribution in [3.05, 3.63) is 102 Å². The van der Waals surface area contributed by atoms with Crippen molar-refractivity contribution in [2.45, 2.75) is 18.6 Å². The topological polar surface area (TPSA) is 73.3 Å². The molecule has 0 saturated carbocycles. The van der Waals surface area contributed by atoms with Gasteiger partial charge in [-0.2, -0.15) is 13.2 Å². The fourth-order valence-electron chi connectivity index (χ4n) is 7.39. The van der Waals surface area contributed by atoms with Gasteiger partial charge in [-0.15, -0.1) is 0 Å². The molecule has 0 spiro atoms. The van der Waals surface area contributed by atoms with Crippen LogP contribution >= 0.6 is 0 Å². The van der Waals surface area contributed by atoms with Crippen LogP contribution in [0.4, 0.5) is 40.3 Å². The van der Waals surface area contributed by atoms with Crippen LogP contribution in [-0.4, -0.2) is 95.4 Å². The maximum Gasteiger partial charge on any atom is 0.416 e. The normalized spacial score (nSPS) is 17.6. The number of para-hydroxylation sites is 1. The summed E-state index contributed by atoms with van der Waals surface area (Å²) in [6.07, 6.45) is -4.80. The van der Waals surface area contributed by atoms with Crippen molar-refractivity contribution < 1.29 is 36.6 Å². The summed E-state index contributed by atoms with van der Waals surface area (Å²) in [4.78, 5) is 28.8. The zero-order valence-corrected chi connectivity index (χ0v) is 30.4. The van der Waals surface area contributed by atoms with E-state index in [0.29, 0.717) is 57.9 Å². The third-order valence-electron chi connectivity index (χ3n) is 10.3. The summed E-state index contributed by atoms with van der Waals surface area (Å²) in [5, 5.41) is 0. The Morgan fingerprint density at radius 1 is 0.722 bits per heavy atom. The van der Waals surface area contributed by atoms with Crippen molar-refractivity contribution in [2.75, 3.05) is 88.4 Å². The number of carbonyl (C=O) groups excluding carboxylic acids is 1. The Balaban J connectivity index is 1.23. The van der Waals surface area contributed by atoms with E-state index < -0.39 is 23.6 Å². The van der Waals surface area contributed by atoms with Gasteiger partial charge in [0.1, 0.15) is 28.8 Å². The van der Waals surface area contributed by atoms with Crippen LogP contribution in [0.5, 0.6) is 17.2 Å². The van der Waals surface area contributed by atoms with E-state index >= 15 is 4.39 Å². The molecule has 0 unspecified atom stereocenters. The number of ether oxygens (including phenoxy) is 3. The Bertz CT molecular complexity index is 2010. The number of rotatable bonds is 8. The van der Waals surface area contributed by atoms with Gasteiger partial charge in [-0.25, -0.2) is 9.38 Å². The summed E-state index contributed by atoms with van der Waals surface area (Å²) in [6, 6.07) is 22.3. The fourth-order valence-corrected chi connectivity index (χ4v) is 7.39. The average Bonchev–Trinajstić information content (AvgIpc) is 3.20. The van der Waals surface area contributed by atoms with Gasteiger partial charge in [-0.1, -0.05) is 24.3 Å². The minimum atomic E-state index is -4.66. The predicted octanol–water partition coefficient (Wildman–Crippen LogP) is 6.98. The first-order valence-electron chi connectivity index (χ1n) is 17.8. The molecule has 3 aliphatic rings. The number of aliphatic imine (C=N–C) groups is 1. The summed E-state index contributed by atoms with van der Waals surface area (Å²) in [5.74, 6) is 1.07. The van der Waals surface area contributed by atoms with Gasteiger partial charge >= 0.3 is 6.18 Å². The highest BCUT2D eigenvalue weighted by molar-refractivity contribution is 6.02. The van der Waals surface area contributed by atoms with E-state index in [1.807, 2.05) is 53.4 Å². The zero-order valence-electron chi connectivity index (χ0n) is 30.4. The number of alkyl halides is 3. The molecule has 7 rings (SSSR count). The number of carbonyl (C=O) groups is 1. The summed E-state index contributed by atoms with van der Waals surface area (Å²) >= 11 is 0. The van der Waals surface area contributed by atoms with Gasteiger partial charge in [0.05, 0.1) is 45.0 Å². The van der Waals surface area contributed by atoms with Crippen LogP contribution in [-0.2, 0) is 11.0 Å². The third-order valence-corrected chi connectivity index (χ3v) is 10.3. The van der Waals surface area contributed by atoms with E-state index in [0.717, 1.165) is 35.0 Å². The van der Waals surface area contributed by atoms with Crippen molar-refractivity contribution >= 4 is 34.6 Å². The molecular weight excluding hydrogens is 704 g/mol. The van der Waals surface area contributed by atoms with Crippen LogP contribution < -0.4 is 28.9 Å². The highest BCUT2D eigenvalue weighted by atomic mass is 19.4. The van der Waals surface area contributed by atoms with Gasteiger partial charge in [0.25, 0.3) is 0 Å². The van der Waals surface area contributed by atoms with Crippen molar-refractivity contribution in [1.82, 2.24) is 9.80 Å². The summed E-state index contributed by atoms with van der Waals surface area (Å²) in [7, 11) is 4.60. The van der Waals surface area contributed by atoms with Gasteiger partial charge in [-0.05, 0) is 48.5 Å². The van der Waals surface area contributed by atoms with Gasteiger partial charge in [0, 0.05) is 81.4 Å². The standard InChI is InChI=1S/C40H42F4N6O4/c1-52-30-9-4-7-28(24-30)46-15-19-48(20-16-46)37(51)26-34-32-11-6-12-33(41)38(32)45-39(50(34)35-23-27(40(42,43)44)13-14-36(35)54-3)49-21-17-47(18-22-49)29-8-5-10-31(25-29)53-2/h4-14,23-25,34H,15-22,26H2,1-3H3/t34-/m0/s1. The number of hydrogen-bond donors (Lipinski definition) is 0. The van der Waals surface area contributed by atoms with Crippen LogP contribution in [0.1, 0.15) is 23.6 Å². The van der Waals surface area contributed by atoms with Crippen molar-refractivity contribution in [1.29, 1.82) is 0 Å². The minimum Gasteiger partial charge on any atom is -0.497 e. The number of amides is 1.